The van der Waals surface area contributed by atoms with Gasteiger partial charge in [0.2, 0.25) is 0 Å². The number of rotatable bonds is 5. The minimum atomic E-state index is -4.48. The first-order valence-corrected chi connectivity index (χ1v) is 8.20. The monoisotopic (exact) mass is 394 g/mol. The summed E-state index contributed by atoms with van der Waals surface area (Å²) in [6, 6.07) is 8.48. The molecule has 3 rings (SSSR count). The van der Waals surface area contributed by atoms with Crippen LogP contribution in [0.2, 0.25) is 5.15 Å². The molecule has 2 heterocycles. The number of aldehydes is 1. The van der Waals surface area contributed by atoms with Gasteiger partial charge >= 0.3 is 6.18 Å². The minimum Gasteiger partial charge on any atom is -0.380 e. The van der Waals surface area contributed by atoms with Crippen LogP contribution >= 0.6 is 11.6 Å². The van der Waals surface area contributed by atoms with Gasteiger partial charge in [0.05, 0.1) is 5.56 Å². The lowest BCUT2D eigenvalue weighted by molar-refractivity contribution is -0.140. The topological polar surface area (TPSA) is 59.8 Å². The molecule has 0 bridgehead atoms. The smallest absolute Gasteiger partial charge is 0.380 e. The van der Waals surface area contributed by atoms with Crippen LogP contribution in [-0.4, -0.2) is 20.8 Å². The summed E-state index contributed by atoms with van der Waals surface area (Å²) in [5.74, 6) is 0.228. The zero-order valence-electron chi connectivity index (χ0n) is 14.1. The van der Waals surface area contributed by atoms with Crippen molar-refractivity contribution in [2.45, 2.75) is 12.7 Å². The number of pyridine rings is 1. The molecule has 0 radical (unpaired) electrons. The lowest BCUT2D eigenvalue weighted by Gasteiger charge is -2.09. The molecular weight excluding hydrogens is 381 g/mol. The molecule has 0 saturated carbocycles. The number of hydrogen-bond donors (Lipinski definition) is 1. The third-order valence-electron chi connectivity index (χ3n) is 3.89. The average Bonchev–Trinajstić information content (AvgIpc) is 3.03. The Morgan fingerprint density at radius 3 is 2.56 bits per heavy atom. The fraction of sp³-hybridized carbons (Fsp3) is 0.167. The maximum atomic E-state index is 12.8. The number of hydrogen-bond acceptors (Lipinski definition) is 4. The number of aryl methyl sites for hydroxylation is 1. The molecule has 1 N–H and O–H groups in total. The summed E-state index contributed by atoms with van der Waals surface area (Å²) in [5, 5.41) is 3.35. The SMILES string of the molecule is Cn1cc(C(F)(F)F)nc1-c1ccc(CNc2cc(Cl)ncc2C=O)cc1. The molecule has 9 heteroatoms. The van der Waals surface area contributed by atoms with Crippen molar-refractivity contribution in [3.63, 3.8) is 0 Å². The first-order valence-electron chi connectivity index (χ1n) is 7.82. The Morgan fingerprint density at radius 2 is 1.96 bits per heavy atom. The van der Waals surface area contributed by atoms with Crippen molar-refractivity contribution < 1.29 is 18.0 Å². The van der Waals surface area contributed by atoms with Gasteiger partial charge in [0.25, 0.3) is 0 Å². The van der Waals surface area contributed by atoms with E-state index in [2.05, 4.69) is 15.3 Å². The number of alkyl halides is 3. The highest BCUT2D eigenvalue weighted by Crippen LogP contribution is 2.30. The van der Waals surface area contributed by atoms with E-state index in [1.54, 1.807) is 30.3 Å². The molecule has 0 fully saturated rings. The number of carbonyl (C=O) groups is 1. The molecule has 2 aromatic heterocycles. The maximum Gasteiger partial charge on any atom is 0.434 e. The Kier molecular flexibility index (Phi) is 5.18. The van der Waals surface area contributed by atoms with Crippen LogP contribution in [0.5, 0.6) is 0 Å². The maximum absolute atomic E-state index is 12.8. The molecule has 1 aromatic carbocycles. The van der Waals surface area contributed by atoms with Crippen molar-refractivity contribution in [2.24, 2.45) is 7.05 Å². The van der Waals surface area contributed by atoms with E-state index in [4.69, 9.17) is 11.6 Å². The third-order valence-corrected chi connectivity index (χ3v) is 4.10. The number of imidazole rings is 1. The van der Waals surface area contributed by atoms with Crippen LogP contribution in [0.3, 0.4) is 0 Å². The van der Waals surface area contributed by atoms with Crippen LogP contribution in [0.15, 0.2) is 42.7 Å². The molecular formula is C18H14ClF3N4O. The normalized spacial score (nSPS) is 11.4. The summed E-state index contributed by atoms with van der Waals surface area (Å²) in [7, 11) is 1.52. The summed E-state index contributed by atoms with van der Waals surface area (Å²) < 4.78 is 39.7. The van der Waals surface area contributed by atoms with E-state index in [1.165, 1.54) is 17.8 Å². The lowest BCUT2D eigenvalue weighted by Crippen LogP contribution is -2.05. The van der Waals surface area contributed by atoms with Crippen molar-refractivity contribution in [2.75, 3.05) is 5.32 Å². The molecule has 0 aliphatic carbocycles. The van der Waals surface area contributed by atoms with Gasteiger partial charge in [-0.2, -0.15) is 13.2 Å². The molecule has 140 valence electrons. The van der Waals surface area contributed by atoms with Gasteiger partial charge in [0, 0.05) is 37.2 Å². The number of nitrogens with zero attached hydrogens (tertiary/aromatic N) is 3. The molecule has 27 heavy (non-hydrogen) atoms. The lowest BCUT2D eigenvalue weighted by atomic mass is 10.1. The van der Waals surface area contributed by atoms with Gasteiger partial charge in [0.1, 0.15) is 11.0 Å². The van der Waals surface area contributed by atoms with Crippen LogP contribution < -0.4 is 5.32 Å². The highest BCUT2D eigenvalue weighted by Gasteiger charge is 2.34. The summed E-state index contributed by atoms with van der Waals surface area (Å²) >= 11 is 5.84. The zero-order valence-corrected chi connectivity index (χ0v) is 14.8. The first kappa shape index (κ1) is 18.9. The van der Waals surface area contributed by atoms with Gasteiger partial charge in [-0.25, -0.2) is 9.97 Å². The highest BCUT2D eigenvalue weighted by atomic mass is 35.5. The van der Waals surface area contributed by atoms with Gasteiger partial charge in [-0.3, -0.25) is 4.79 Å². The first-order chi connectivity index (χ1) is 12.8. The van der Waals surface area contributed by atoms with E-state index in [9.17, 15) is 18.0 Å². The molecule has 0 unspecified atom stereocenters. The second-order valence-corrected chi connectivity index (χ2v) is 6.21. The number of halogens is 4. The van der Waals surface area contributed by atoms with Crippen molar-refractivity contribution in [3.05, 3.63) is 64.7 Å². The molecule has 0 spiro atoms. The summed E-state index contributed by atoms with van der Waals surface area (Å²) in [5.41, 5.74) is 1.43. The Labute approximate surface area is 157 Å². The predicted octanol–water partition coefficient (Wildman–Crippen LogP) is 4.58. The summed E-state index contributed by atoms with van der Waals surface area (Å²) in [6.07, 6.45) is -1.48. The van der Waals surface area contributed by atoms with E-state index in [1.807, 2.05) is 0 Å². The van der Waals surface area contributed by atoms with Gasteiger partial charge in [-0.05, 0) is 11.6 Å². The van der Waals surface area contributed by atoms with E-state index in [0.29, 0.717) is 29.6 Å². The zero-order chi connectivity index (χ0) is 19.6. The van der Waals surface area contributed by atoms with E-state index < -0.39 is 11.9 Å². The van der Waals surface area contributed by atoms with E-state index >= 15 is 0 Å². The standard InChI is InChI=1S/C18H14ClF3N4O/c1-26-9-15(18(20,21)22)25-17(26)12-4-2-11(3-5-12)7-23-14-6-16(19)24-8-13(14)10-27/h2-6,8-10H,7H2,1H3,(H,23,24). The molecule has 0 aliphatic heterocycles. The second-order valence-electron chi connectivity index (χ2n) is 5.82. The predicted molar refractivity (Wildman–Crippen MR) is 95.6 cm³/mol. The molecule has 3 aromatic rings. The van der Waals surface area contributed by atoms with E-state index in [0.717, 1.165) is 11.8 Å². The van der Waals surface area contributed by atoms with E-state index in [-0.39, 0.29) is 11.0 Å². The molecule has 0 aliphatic rings. The van der Waals surface area contributed by atoms with Crippen molar-refractivity contribution in [1.29, 1.82) is 0 Å². The van der Waals surface area contributed by atoms with Crippen LogP contribution in [0, 0.1) is 0 Å². The van der Waals surface area contributed by atoms with Crippen LogP contribution in [0.4, 0.5) is 18.9 Å². The van der Waals surface area contributed by atoms with Crippen LogP contribution in [-0.2, 0) is 19.8 Å². The third kappa shape index (κ3) is 4.28. The number of nitrogens with one attached hydrogen (secondary N) is 1. The van der Waals surface area contributed by atoms with Gasteiger partial charge in [0.15, 0.2) is 12.0 Å². The summed E-state index contributed by atoms with van der Waals surface area (Å²) in [4.78, 5) is 18.6. The Hall–Kier alpha value is -2.87. The van der Waals surface area contributed by atoms with Crippen molar-refractivity contribution in [1.82, 2.24) is 14.5 Å². The molecule has 0 saturated heterocycles. The van der Waals surface area contributed by atoms with Gasteiger partial charge in [-0.15, -0.1) is 0 Å². The highest BCUT2D eigenvalue weighted by molar-refractivity contribution is 6.29. The fourth-order valence-corrected chi connectivity index (χ4v) is 2.69. The molecule has 0 atom stereocenters. The van der Waals surface area contributed by atoms with Crippen LogP contribution in [0.1, 0.15) is 21.6 Å². The number of anilines is 1. The Morgan fingerprint density at radius 1 is 1.26 bits per heavy atom. The minimum absolute atomic E-state index is 0.228. The second kappa shape index (κ2) is 7.40. The Bertz CT molecular complexity index is 968. The Balaban J connectivity index is 1.76. The number of benzene rings is 1. The average molecular weight is 395 g/mol. The number of carbonyl (C=O) groups excluding carboxylic acids is 1. The van der Waals surface area contributed by atoms with Crippen molar-refractivity contribution in [3.8, 4) is 11.4 Å². The van der Waals surface area contributed by atoms with Crippen LogP contribution in [0.25, 0.3) is 11.4 Å². The molecule has 0 amide bonds. The number of aromatic nitrogens is 3. The van der Waals surface area contributed by atoms with Gasteiger partial charge in [-0.1, -0.05) is 35.9 Å². The summed E-state index contributed by atoms with van der Waals surface area (Å²) in [6.45, 7) is 0.399. The fourth-order valence-electron chi connectivity index (χ4n) is 2.53. The van der Waals surface area contributed by atoms with Gasteiger partial charge < -0.3 is 9.88 Å². The molecule has 5 nitrogen and oxygen atoms in total. The quantitative estimate of drug-likeness (QED) is 0.508. The largest absolute Gasteiger partial charge is 0.434 e. The van der Waals surface area contributed by atoms with Crippen molar-refractivity contribution >= 4 is 23.6 Å².